The summed E-state index contributed by atoms with van der Waals surface area (Å²) in [4.78, 5) is 49.3. The van der Waals surface area contributed by atoms with Crippen molar-refractivity contribution in [2.24, 2.45) is 10.2 Å². The summed E-state index contributed by atoms with van der Waals surface area (Å²) >= 11 is 5.83. The van der Waals surface area contributed by atoms with Crippen molar-refractivity contribution >= 4 is 46.2 Å². The molecule has 0 radical (unpaired) electrons. The van der Waals surface area contributed by atoms with E-state index in [4.69, 9.17) is 16.4 Å². The van der Waals surface area contributed by atoms with E-state index in [9.17, 15) is 29.8 Å². The number of halogens is 1. The van der Waals surface area contributed by atoms with E-state index in [1.54, 1.807) is 12.1 Å². The number of azo groups is 1. The Labute approximate surface area is 189 Å². The number of nitro benzene ring substituents is 2. The third-order valence-electron chi connectivity index (χ3n) is 4.06. The Bertz CT molecular complexity index is 1280. The predicted octanol–water partition coefficient (Wildman–Crippen LogP) is 5.26. The van der Waals surface area contributed by atoms with Gasteiger partial charge >= 0.3 is 11.9 Å². The second-order valence-electron chi connectivity index (χ2n) is 6.27. The molecule has 0 saturated carbocycles. The Morgan fingerprint density at radius 2 is 1.67 bits per heavy atom. The first-order valence-corrected chi connectivity index (χ1v) is 9.34. The van der Waals surface area contributed by atoms with Gasteiger partial charge in [-0.1, -0.05) is 17.7 Å². The molecule has 0 aliphatic rings. The number of nitro groups is 2. The fraction of sp³-hybridized carbons (Fsp3) is 0. The van der Waals surface area contributed by atoms with Crippen molar-refractivity contribution in [2.45, 2.75) is 0 Å². The number of benzene rings is 3. The van der Waals surface area contributed by atoms with E-state index in [1.165, 1.54) is 36.4 Å². The molecule has 0 bridgehead atoms. The molecule has 0 atom stereocenters. The minimum Gasteiger partial charge on any atom is -0.338 e. The summed E-state index contributed by atoms with van der Waals surface area (Å²) < 4.78 is 0. The van der Waals surface area contributed by atoms with Crippen LogP contribution in [0.3, 0.4) is 0 Å². The molecule has 1 amide bonds. The average Bonchev–Trinajstić information content (AvgIpc) is 2.81. The number of hydrogen-bond donors (Lipinski definition) is 1. The van der Waals surface area contributed by atoms with E-state index in [1.807, 2.05) is 0 Å². The lowest BCUT2D eigenvalue weighted by Crippen LogP contribution is -2.10. The Balaban J connectivity index is 1.65. The molecule has 13 heteroatoms. The Hall–Kier alpha value is -4.71. The SMILES string of the molecule is O=C(ONc1ccc(N=NC(=O)c2ccc([N+](=O)[O-])cc2[N+](=O)[O-])cc1)c1cccc(Cl)c1. The molecule has 0 aromatic heterocycles. The Morgan fingerprint density at radius 3 is 2.30 bits per heavy atom. The monoisotopic (exact) mass is 469 g/mol. The highest BCUT2D eigenvalue weighted by Crippen LogP contribution is 2.26. The van der Waals surface area contributed by atoms with Gasteiger partial charge in [0.25, 0.3) is 11.4 Å². The van der Waals surface area contributed by atoms with Gasteiger partial charge in [0.2, 0.25) is 0 Å². The molecule has 0 spiro atoms. The van der Waals surface area contributed by atoms with Gasteiger partial charge in [-0.3, -0.25) is 25.0 Å². The van der Waals surface area contributed by atoms with Gasteiger partial charge in [0.15, 0.2) is 0 Å². The first kappa shape index (κ1) is 23.0. The fourth-order valence-electron chi connectivity index (χ4n) is 2.50. The smallest absolute Gasteiger partial charge is 0.338 e. The van der Waals surface area contributed by atoms with Crippen molar-refractivity contribution in [1.29, 1.82) is 0 Å². The molecule has 0 aliphatic heterocycles. The zero-order valence-electron chi connectivity index (χ0n) is 16.4. The number of amides is 1. The molecule has 0 saturated heterocycles. The third kappa shape index (κ3) is 5.92. The van der Waals surface area contributed by atoms with Crippen molar-refractivity contribution in [2.75, 3.05) is 5.48 Å². The van der Waals surface area contributed by atoms with Crippen molar-refractivity contribution < 1.29 is 24.3 Å². The number of anilines is 1. The first-order valence-electron chi connectivity index (χ1n) is 8.96. The summed E-state index contributed by atoms with van der Waals surface area (Å²) in [6.07, 6.45) is 0. The number of non-ortho nitro benzene ring substituents is 1. The van der Waals surface area contributed by atoms with Crippen LogP contribution in [0.2, 0.25) is 5.02 Å². The zero-order valence-corrected chi connectivity index (χ0v) is 17.1. The normalized spacial score (nSPS) is 10.6. The number of carbonyl (C=O) groups excluding carboxylic acids is 2. The van der Waals surface area contributed by atoms with E-state index in [0.717, 1.165) is 12.1 Å². The second kappa shape index (κ2) is 10.1. The minimum absolute atomic E-state index is 0.222. The maximum Gasteiger partial charge on any atom is 0.362 e. The maximum absolute atomic E-state index is 12.2. The van der Waals surface area contributed by atoms with Crippen LogP contribution in [0.4, 0.5) is 22.7 Å². The number of rotatable bonds is 7. The van der Waals surface area contributed by atoms with Gasteiger partial charge in [0, 0.05) is 11.1 Å². The average molecular weight is 470 g/mol. The highest BCUT2D eigenvalue weighted by molar-refractivity contribution is 6.30. The van der Waals surface area contributed by atoms with Crippen LogP contribution in [0.1, 0.15) is 20.7 Å². The van der Waals surface area contributed by atoms with Crippen LogP contribution >= 0.6 is 11.6 Å². The molecule has 0 heterocycles. The van der Waals surface area contributed by atoms with Gasteiger partial charge in [0.05, 0.1) is 32.9 Å². The molecular weight excluding hydrogens is 458 g/mol. The van der Waals surface area contributed by atoms with Crippen molar-refractivity contribution in [1.82, 2.24) is 0 Å². The Kier molecular flexibility index (Phi) is 7.00. The van der Waals surface area contributed by atoms with Crippen molar-refractivity contribution in [3.05, 3.63) is 103 Å². The van der Waals surface area contributed by atoms with Gasteiger partial charge in [-0.15, -0.1) is 10.2 Å². The van der Waals surface area contributed by atoms with Crippen LogP contribution in [-0.4, -0.2) is 21.7 Å². The molecule has 0 aliphatic carbocycles. The van der Waals surface area contributed by atoms with E-state index >= 15 is 0 Å². The number of carbonyl (C=O) groups is 2. The minimum atomic E-state index is -1.05. The number of hydrogen-bond acceptors (Lipinski definition) is 9. The van der Waals surface area contributed by atoms with Gasteiger partial charge in [-0.25, -0.2) is 10.3 Å². The van der Waals surface area contributed by atoms with Gasteiger partial charge in [-0.2, -0.15) is 0 Å². The highest BCUT2D eigenvalue weighted by Gasteiger charge is 2.24. The van der Waals surface area contributed by atoms with Crippen LogP contribution in [-0.2, 0) is 4.84 Å². The highest BCUT2D eigenvalue weighted by atomic mass is 35.5. The predicted molar refractivity (Wildman–Crippen MR) is 116 cm³/mol. The lowest BCUT2D eigenvalue weighted by Gasteiger charge is -2.07. The van der Waals surface area contributed by atoms with Crippen molar-refractivity contribution in [3.8, 4) is 0 Å². The van der Waals surface area contributed by atoms with E-state index in [-0.39, 0.29) is 11.3 Å². The van der Waals surface area contributed by atoms with Crippen LogP contribution in [0.25, 0.3) is 0 Å². The van der Waals surface area contributed by atoms with Gasteiger partial charge < -0.3 is 4.84 Å². The summed E-state index contributed by atoms with van der Waals surface area (Å²) in [7, 11) is 0. The molecule has 1 N–H and O–H groups in total. The van der Waals surface area contributed by atoms with Crippen LogP contribution in [0.15, 0.2) is 77.0 Å². The molecule has 166 valence electrons. The lowest BCUT2D eigenvalue weighted by molar-refractivity contribution is -0.394. The van der Waals surface area contributed by atoms with Gasteiger partial charge in [-0.05, 0) is 48.5 Å². The topological polar surface area (TPSA) is 166 Å². The van der Waals surface area contributed by atoms with Gasteiger partial charge in [0.1, 0.15) is 5.56 Å². The van der Waals surface area contributed by atoms with Crippen LogP contribution < -0.4 is 5.48 Å². The van der Waals surface area contributed by atoms with Crippen LogP contribution in [0, 0.1) is 20.2 Å². The molecule has 0 unspecified atom stereocenters. The summed E-state index contributed by atoms with van der Waals surface area (Å²) in [5, 5.41) is 29.4. The maximum atomic E-state index is 12.2. The van der Waals surface area contributed by atoms with Crippen molar-refractivity contribution in [3.63, 3.8) is 0 Å². The molecule has 3 aromatic rings. The molecule has 3 aromatic carbocycles. The standard InChI is InChI=1S/C20H12ClN5O7/c21-13-3-1-2-12(10-13)20(28)33-24-15-6-4-14(5-7-15)22-23-19(27)17-9-8-16(25(29)30)11-18(17)26(31)32/h1-11,24H. The molecule has 0 fully saturated rings. The second-order valence-corrected chi connectivity index (χ2v) is 6.71. The lowest BCUT2D eigenvalue weighted by atomic mass is 10.1. The Morgan fingerprint density at radius 1 is 0.939 bits per heavy atom. The van der Waals surface area contributed by atoms with E-state index in [0.29, 0.717) is 16.8 Å². The summed E-state index contributed by atoms with van der Waals surface area (Å²) in [5.74, 6) is -1.70. The van der Waals surface area contributed by atoms with E-state index in [2.05, 4.69) is 15.7 Å². The molecule has 3 rings (SSSR count). The molecule has 12 nitrogen and oxygen atoms in total. The largest absolute Gasteiger partial charge is 0.362 e. The summed E-state index contributed by atoms with van der Waals surface area (Å²) in [6, 6.07) is 14.6. The number of nitrogens with one attached hydrogen (secondary N) is 1. The quantitative estimate of drug-likeness (QED) is 0.277. The number of nitrogens with zero attached hydrogens (tertiary/aromatic N) is 4. The summed E-state index contributed by atoms with van der Waals surface area (Å²) in [5.41, 5.74) is 1.58. The van der Waals surface area contributed by atoms with E-state index < -0.39 is 38.7 Å². The van der Waals surface area contributed by atoms with Crippen LogP contribution in [0.5, 0.6) is 0 Å². The molecule has 33 heavy (non-hydrogen) atoms. The fourth-order valence-corrected chi connectivity index (χ4v) is 2.69. The zero-order chi connectivity index (χ0) is 24.0. The third-order valence-corrected chi connectivity index (χ3v) is 4.30. The first-order chi connectivity index (χ1) is 15.7. The summed E-state index contributed by atoms with van der Waals surface area (Å²) in [6.45, 7) is 0. The molecular formula is C20H12ClN5O7.